The molecule has 0 saturated heterocycles. The summed E-state index contributed by atoms with van der Waals surface area (Å²) in [5.41, 5.74) is 1.06. The van der Waals surface area contributed by atoms with Gasteiger partial charge < -0.3 is 9.88 Å². The highest BCUT2D eigenvalue weighted by Crippen LogP contribution is 2.22. The molecule has 1 aliphatic carbocycles. The van der Waals surface area contributed by atoms with Gasteiger partial charge in [-0.1, -0.05) is 18.2 Å². The molecule has 3 rings (SSSR count). The second kappa shape index (κ2) is 7.47. The van der Waals surface area contributed by atoms with Crippen LogP contribution in [-0.2, 0) is 21.4 Å². The van der Waals surface area contributed by atoms with E-state index in [1.165, 1.54) is 0 Å². The highest BCUT2D eigenvalue weighted by Gasteiger charge is 2.23. The van der Waals surface area contributed by atoms with Crippen molar-refractivity contribution in [2.45, 2.75) is 51.1 Å². The number of hydrogen-bond acceptors (Lipinski definition) is 3. The molecule has 7 heteroatoms. The van der Waals surface area contributed by atoms with Gasteiger partial charge in [0.15, 0.2) is 0 Å². The van der Waals surface area contributed by atoms with Crippen LogP contribution in [0.5, 0.6) is 0 Å². The van der Waals surface area contributed by atoms with E-state index in [1.54, 1.807) is 30.4 Å². The Morgan fingerprint density at radius 2 is 2.00 bits per heavy atom. The molecule has 2 aromatic rings. The lowest BCUT2D eigenvalue weighted by Crippen LogP contribution is -2.43. The number of aromatic nitrogens is 1. The molecule has 1 aliphatic rings. The summed E-state index contributed by atoms with van der Waals surface area (Å²) in [5, 5.41) is 3.95. The van der Waals surface area contributed by atoms with Crippen molar-refractivity contribution in [3.05, 3.63) is 54.4 Å². The van der Waals surface area contributed by atoms with E-state index in [2.05, 4.69) is 10.0 Å². The van der Waals surface area contributed by atoms with Crippen LogP contribution in [0.4, 0.5) is 0 Å². The Labute approximate surface area is 166 Å². The molecule has 6 nitrogen and oxygen atoms in total. The summed E-state index contributed by atoms with van der Waals surface area (Å²) in [4.78, 5) is 12.5. The van der Waals surface area contributed by atoms with Gasteiger partial charge in [0, 0.05) is 29.5 Å². The van der Waals surface area contributed by atoms with Gasteiger partial charge in [-0.15, -0.1) is 0 Å². The third kappa shape index (κ3) is 4.47. The number of nitrogens with zero attached hydrogens (tertiary/aromatic N) is 1. The topological polar surface area (TPSA) is 80.2 Å². The van der Waals surface area contributed by atoms with Crippen LogP contribution in [0.15, 0.2) is 59.3 Å². The largest absolute Gasteiger partial charge is 0.351 e. The molecule has 28 heavy (non-hydrogen) atoms. The van der Waals surface area contributed by atoms with Crippen molar-refractivity contribution in [3.63, 3.8) is 0 Å². The molecule has 1 aromatic heterocycles. The summed E-state index contributed by atoms with van der Waals surface area (Å²) < 4.78 is 30.2. The summed E-state index contributed by atoms with van der Waals surface area (Å²) in [6, 6.07) is 7.08. The van der Waals surface area contributed by atoms with Gasteiger partial charge in [-0.05, 0) is 63.8 Å². The van der Waals surface area contributed by atoms with Gasteiger partial charge in [-0.3, -0.25) is 9.52 Å². The fourth-order valence-electron chi connectivity index (χ4n) is 3.17. The molecule has 0 spiro atoms. The summed E-state index contributed by atoms with van der Waals surface area (Å²) in [6.07, 6.45) is 7.54. The van der Waals surface area contributed by atoms with Crippen LogP contribution in [0, 0.1) is 5.92 Å². The van der Waals surface area contributed by atoms with Crippen LogP contribution in [0.2, 0.25) is 0 Å². The quantitative estimate of drug-likeness (QED) is 0.807. The zero-order valence-electron chi connectivity index (χ0n) is 16.7. The number of allylic oxidation sites excluding steroid dienone is 2. The SMILES string of the molecule is CCn1ccc2ccc(S(=O)(=O)NC3=CCC(C(=O)NC(C)(C)C)C=C3)cc21. The molecular formula is C21H27N3O3S. The first-order chi connectivity index (χ1) is 13.1. The van der Waals surface area contributed by atoms with Crippen molar-refractivity contribution >= 4 is 26.8 Å². The average molecular weight is 402 g/mol. The maximum absolute atomic E-state index is 12.8. The molecule has 2 N–H and O–H groups in total. The number of nitrogens with one attached hydrogen (secondary N) is 2. The molecule has 1 amide bonds. The molecule has 0 fully saturated rings. The van der Waals surface area contributed by atoms with Gasteiger partial charge in [0.2, 0.25) is 5.91 Å². The van der Waals surface area contributed by atoms with Crippen LogP contribution in [-0.4, -0.2) is 24.4 Å². The number of sulfonamides is 1. The number of fused-ring (bicyclic) bond motifs is 1. The van der Waals surface area contributed by atoms with Gasteiger partial charge in [-0.2, -0.15) is 0 Å². The third-order valence-corrected chi connectivity index (χ3v) is 5.96. The second-order valence-corrected chi connectivity index (χ2v) is 9.71. The molecule has 0 aliphatic heterocycles. The summed E-state index contributed by atoms with van der Waals surface area (Å²) >= 11 is 0. The normalized spacial score (nSPS) is 17.4. The van der Waals surface area contributed by atoms with Crippen LogP contribution < -0.4 is 10.0 Å². The zero-order chi connectivity index (χ0) is 20.5. The monoisotopic (exact) mass is 401 g/mol. The van der Waals surface area contributed by atoms with Crippen molar-refractivity contribution < 1.29 is 13.2 Å². The van der Waals surface area contributed by atoms with E-state index >= 15 is 0 Å². The fourth-order valence-corrected chi connectivity index (χ4v) is 4.27. The highest BCUT2D eigenvalue weighted by molar-refractivity contribution is 7.89. The molecule has 1 unspecified atom stereocenters. The van der Waals surface area contributed by atoms with Crippen molar-refractivity contribution in [1.82, 2.24) is 14.6 Å². The lowest BCUT2D eigenvalue weighted by Gasteiger charge is -2.24. The Morgan fingerprint density at radius 1 is 1.25 bits per heavy atom. The lowest BCUT2D eigenvalue weighted by molar-refractivity contribution is -0.125. The molecule has 0 bridgehead atoms. The summed E-state index contributed by atoms with van der Waals surface area (Å²) in [5.74, 6) is -0.357. The molecule has 1 heterocycles. The predicted octanol–water partition coefficient (Wildman–Crippen LogP) is 3.31. The first-order valence-corrected chi connectivity index (χ1v) is 10.9. The van der Waals surface area contributed by atoms with E-state index in [0.29, 0.717) is 12.1 Å². The van der Waals surface area contributed by atoms with Gasteiger partial charge >= 0.3 is 0 Å². The molecule has 150 valence electrons. The maximum atomic E-state index is 12.8. The number of benzene rings is 1. The molecule has 1 atom stereocenters. The van der Waals surface area contributed by atoms with E-state index in [-0.39, 0.29) is 22.3 Å². The van der Waals surface area contributed by atoms with Crippen molar-refractivity contribution in [2.75, 3.05) is 0 Å². The fraction of sp³-hybridized carbons (Fsp3) is 0.381. The number of carbonyl (C=O) groups is 1. The van der Waals surface area contributed by atoms with Crippen LogP contribution in [0.1, 0.15) is 34.1 Å². The number of aryl methyl sites for hydroxylation is 1. The van der Waals surface area contributed by atoms with Crippen LogP contribution >= 0.6 is 0 Å². The van der Waals surface area contributed by atoms with Gasteiger partial charge in [0.25, 0.3) is 10.0 Å². The van der Waals surface area contributed by atoms with Crippen molar-refractivity contribution in [3.8, 4) is 0 Å². The predicted molar refractivity (Wildman–Crippen MR) is 111 cm³/mol. The number of amides is 1. The Morgan fingerprint density at radius 3 is 2.61 bits per heavy atom. The minimum absolute atomic E-state index is 0.0623. The van der Waals surface area contributed by atoms with E-state index in [0.717, 1.165) is 17.4 Å². The Balaban J connectivity index is 1.73. The van der Waals surface area contributed by atoms with Gasteiger partial charge in [-0.25, -0.2) is 8.42 Å². The summed E-state index contributed by atoms with van der Waals surface area (Å²) in [6.45, 7) is 8.57. The molecule has 1 aromatic carbocycles. The molecular weight excluding hydrogens is 374 g/mol. The van der Waals surface area contributed by atoms with Gasteiger partial charge in [0.1, 0.15) is 0 Å². The van der Waals surface area contributed by atoms with E-state index in [1.807, 2.05) is 50.6 Å². The number of rotatable bonds is 5. The van der Waals surface area contributed by atoms with Crippen LogP contribution in [0.25, 0.3) is 10.9 Å². The first kappa shape index (κ1) is 20.2. The van der Waals surface area contributed by atoms with Gasteiger partial charge in [0.05, 0.1) is 10.8 Å². The minimum atomic E-state index is -3.70. The first-order valence-electron chi connectivity index (χ1n) is 9.41. The van der Waals surface area contributed by atoms with Crippen LogP contribution in [0.3, 0.4) is 0 Å². The highest BCUT2D eigenvalue weighted by atomic mass is 32.2. The Hall–Kier alpha value is -2.54. The van der Waals surface area contributed by atoms with E-state index < -0.39 is 10.0 Å². The van der Waals surface area contributed by atoms with Crippen molar-refractivity contribution in [1.29, 1.82) is 0 Å². The molecule has 0 radical (unpaired) electrons. The molecule has 0 saturated carbocycles. The number of carbonyl (C=O) groups excluding carboxylic acids is 1. The Bertz CT molecular complexity index is 1060. The second-order valence-electron chi connectivity index (χ2n) is 8.03. The van der Waals surface area contributed by atoms with Crippen molar-refractivity contribution in [2.24, 2.45) is 5.92 Å². The Kier molecular flexibility index (Phi) is 5.39. The smallest absolute Gasteiger partial charge is 0.261 e. The summed E-state index contributed by atoms with van der Waals surface area (Å²) in [7, 11) is -3.70. The van der Waals surface area contributed by atoms with E-state index in [4.69, 9.17) is 0 Å². The average Bonchev–Trinajstić information content (AvgIpc) is 3.03. The third-order valence-electron chi connectivity index (χ3n) is 4.58. The van der Waals surface area contributed by atoms with E-state index in [9.17, 15) is 13.2 Å². The minimum Gasteiger partial charge on any atom is -0.351 e. The standard InChI is InChI=1S/C21H27N3O3S/c1-5-24-13-12-15-8-11-18(14-19(15)24)28(26,27)23-17-9-6-16(7-10-17)20(25)22-21(2,3)4/h6,8-14,16,23H,5,7H2,1-4H3,(H,22,25). The lowest BCUT2D eigenvalue weighted by atomic mass is 9.97. The zero-order valence-corrected chi connectivity index (χ0v) is 17.5. The maximum Gasteiger partial charge on any atom is 0.261 e. The number of hydrogen-bond donors (Lipinski definition) is 2.